The van der Waals surface area contributed by atoms with Crippen LogP contribution < -0.4 is 16.0 Å². The lowest BCUT2D eigenvalue weighted by atomic mass is 9.95. The van der Waals surface area contributed by atoms with Crippen molar-refractivity contribution in [3.8, 4) is 0 Å². The topological polar surface area (TPSA) is 90.5 Å². The average Bonchev–Trinajstić information content (AvgIpc) is 2.85. The van der Waals surface area contributed by atoms with E-state index in [0.29, 0.717) is 48.6 Å². The Balaban J connectivity index is 1.28. The maximum absolute atomic E-state index is 13.1. The lowest BCUT2D eigenvalue weighted by molar-refractivity contribution is -0.121. The Morgan fingerprint density at radius 1 is 0.735 bits per heavy atom. The number of para-hydroxylation sites is 1. The van der Waals surface area contributed by atoms with Crippen molar-refractivity contribution in [1.29, 1.82) is 0 Å². The number of anilines is 3. The highest BCUT2D eigenvalue weighted by atomic mass is 19.1. The van der Waals surface area contributed by atoms with Crippen LogP contribution in [0, 0.1) is 11.7 Å². The maximum atomic E-state index is 13.1. The molecule has 1 aliphatic rings. The molecule has 0 saturated carbocycles. The van der Waals surface area contributed by atoms with E-state index in [1.807, 2.05) is 18.2 Å². The van der Waals surface area contributed by atoms with Gasteiger partial charge in [0.1, 0.15) is 5.82 Å². The number of likely N-dealkylation sites (tertiary alicyclic amines) is 1. The van der Waals surface area contributed by atoms with Crippen molar-refractivity contribution in [1.82, 2.24) is 4.90 Å². The van der Waals surface area contributed by atoms with Crippen LogP contribution in [0.5, 0.6) is 0 Å². The van der Waals surface area contributed by atoms with Crippen molar-refractivity contribution >= 4 is 34.9 Å². The molecule has 0 bridgehead atoms. The van der Waals surface area contributed by atoms with Gasteiger partial charge in [0.15, 0.2) is 0 Å². The fourth-order valence-electron chi connectivity index (χ4n) is 3.85. The number of halogens is 1. The second kappa shape index (κ2) is 10.6. The Labute approximate surface area is 197 Å². The zero-order valence-corrected chi connectivity index (χ0v) is 18.5. The first-order valence-corrected chi connectivity index (χ1v) is 11.1. The summed E-state index contributed by atoms with van der Waals surface area (Å²) in [7, 11) is 0. The Bertz CT molecular complexity index is 1160. The second-order valence-corrected chi connectivity index (χ2v) is 8.09. The van der Waals surface area contributed by atoms with Crippen LogP contribution in [0.15, 0.2) is 78.9 Å². The molecule has 1 fully saturated rings. The summed E-state index contributed by atoms with van der Waals surface area (Å²) in [6.07, 6.45) is 1.08. The smallest absolute Gasteiger partial charge is 0.323 e. The van der Waals surface area contributed by atoms with Crippen LogP contribution in [0.4, 0.5) is 26.2 Å². The van der Waals surface area contributed by atoms with Crippen molar-refractivity contribution in [3.05, 3.63) is 90.2 Å². The van der Waals surface area contributed by atoms with Gasteiger partial charge in [-0.15, -0.1) is 0 Å². The molecule has 0 unspecified atom stereocenters. The van der Waals surface area contributed by atoms with E-state index in [2.05, 4.69) is 16.0 Å². The second-order valence-electron chi connectivity index (χ2n) is 8.09. The predicted molar refractivity (Wildman–Crippen MR) is 129 cm³/mol. The first-order valence-electron chi connectivity index (χ1n) is 11.1. The average molecular weight is 461 g/mol. The number of piperidine rings is 1. The molecular formula is C26H25FN4O3. The summed E-state index contributed by atoms with van der Waals surface area (Å²) in [6.45, 7) is 0.908. The Morgan fingerprint density at radius 3 is 2.00 bits per heavy atom. The van der Waals surface area contributed by atoms with Crippen LogP contribution in [0.1, 0.15) is 23.2 Å². The molecule has 34 heavy (non-hydrogen) atoms. The number of hydrogen-bond acceptors (Lipinski definition) is 3. The molecule has 0 aliphatic carbocycles. The van der Waals surface area contributed by atoms with Crippen molar-refractivity contribution in [2.75, 3.05) is 29.0 Å². The molecule has 3 aromatic carbocycles. The van der Waals surface area contributed by atoms with Crippen LogP contribution in [0.2, 0.25) is 0 Å². The van der Waals surface area contributed by atoms with Crippen LogP contribution in [0.25, 0.3) is 0 Å². The lowest BCUT2D eigenvalue weighted by Gasteiger charge is -2.31. The first kappa shape index (κ1) is 23.0. The SMILES string of the molecule is O=C(Nc1ccccc1)Nc1cccc(NC(=O)C2CCN(C(=O)c3ccc(F)cc3)CC2)c1. The number of carbonyl (C=O) groups is 3. The minimum atomic E-state index is -0.386. The monoisotopic (exact) mass is 460 g/mol. The van der Waals surface area contributed by atoms with Gasteiger partial charge in [-0.25, -0.2) is 9.18 Å². The molecule has 0 aromatic heterocycles. The highest BCUT2D eigenvalue weighted by Crippen LogP contribution is 2.22. The number of carbonyl (C=O) groups excluding carboxylic acids is 3. The lowest BCUT2D eigenvalue weighted by Crippen LogP contribution is -2.41. The van der Waals surface area contributed by atoms with E-state index in [9.17, 15) is 18.8 Å². The molecule has 1 saturated heterocycles. The van der Waals surface area contributed by atoms with Crippen LogP contribution >= 0.6 is 0 Å². The van der Waals surface area contributed by atoms with E-state index in [0.717, 1.165) is 0 Å². The molecule has 1 aliphatic heterocycles. The Kier molecular flexibility index (Phi) is 7.17. The van der Waals surface area contributed by atoms with Gasteiger partial charge in [0.05, 0.1) is 0 Å². The number of rotatable bonds is 5. The molecule has 8 heteroatoms. The van der Waals surface area contributed by atoms with E-state index in [4.69, 9.17) is 0 Å². The van der Waals surface area contributed by atoms with Crippen molar-refractivity contribution in [3.63, 3.8) is 0 Å². The Morgan fingerprint density at radius 2 is 1.32 bits per heavy atom. The van der Waals surface area contributed by atoms with Gasteiger partial charge >= 0.3 is 6.03 Å². The minimum Gasteiger partial charge on any atom is -0.339 e. The summed E-state index contributed by atoms with van der Waals surface area (Å²) < 4.78 is 13.1. The normalized spacial score (nSPS) is 13.7. The molecule has 1 heterocycles. The first-order chi connectivity index (χ1) is 16.5. The van der Waals surface area contributed by atoms with Gasteiger partial charge in [0.25, 0.3) is 5.91 Å². The van der Waals surface area contributed by atoms with E-state index in [1.165, 1.54) is 24.3 Å². The van der Waals surface area contributed by atoms with Crippen LogP contribution in [0.3, 0.4) is 0 Å². The fraction of sp³-hybridized carbons (Fsp3) is 0.192. The number of hydrogen-bond donors (Lipinski definition) is 3. The number of amides is 4. The van der Waals surface area contributed by atoms with Gasteiger partial charge in [-0.1, -0.05) is 24.3 Å². The molecule has 7 nitrogen and oxygen atoms in total. The molecule has 3 N–H and O–H groups in total. The number of urea groups is 1. The van der Waals surface area contributed by atoms with Crippen LogP contribution in [-0.4, -0.2) is 35.8 Å². The third kappa shape index (κ3) is 5.98. The highest BCUT2D eigenvalue weighted by molar-refractivity contribution is 6.00. The molecular weight excluding hydrogens is 435 g/mol. The minimum absolute atomic E-state index is 0.125. The summed E-state index contributed by atoms with van der Waals surface area (Å²) in [5.74, 6) is -0.899. The van der Waals surface area contributed by atoms with Gasteiger partial charge in [-0.2, -0.15) is 0 Å². The zero-order valence-electron chi connectivity index (χ0n) is 18.5. The van der Waals surface area contributed by atoms with Crippen molar-refractivity contribution < 1.29 is 18.8 Å². The highest BCUT2D eigenvalue weighted by Gasteiger charge is 2.28. The molecule has 4 rings (SSSR count). The van der Waals surface area contributed by atoms with Gasteiger partial charge in [0.2, 0.25) is 5.91 Å². The summed E-state index contributed by atoms with van der Waals surface area (Å²) in [4.78, 5) is 39.2. The quantitative estimate of drug-likeness (QED) is 0.503. The van der Waals surface area contributed by atoms with E-state index in [-0.39, 0.29) is 29.6 Å². The maximum Gasteiger partial charge on any atom is 0.323 e. The summed E-state index contributed by atoms with van der Waals surface area (Å²) in [5.41, 5.74) is 2.23. The molecule has 4 amide bonds. The summed E-state index contributed by atoms with van der Waals surface area (Å²) in [6, 6.07) is 21.1. The number of nitrogens with one attached hydrogen (secondary N) is 3. The summed E-state index contributed by atoms with van der Waals surface area (Å²) in [5, 5.41) is 8.40. The largest absolute Gasteiger partial charge is 0.339 e. The van der Waals surface area contributed by atoms with Gasteiger partial charge in [-0.3, -0.25) is 9.59 Å². The van der Waals surface area contributed by atoms with E-state index in [1.54, 1.807) is 41.3 Å². The van der Waals surface area contributed by atoms with Gasteiger partial charge in [-0.05, 0) is 67.4 Å². The van der Waals surface area contributed by atoms with Crippen LogP contribution in [-0.2, 0) is 4.79 Å². The molecule has 174 valence electrons. The number of benzene rings is 3. The van der Waals surface area contributed by atoms with Gasteiger partial charge in [0, 0.05) is 41.6 Å². The third-order valence-electron chi connectivity index (χ3n) is 5.66. The zero-order chi connectivity index (χ0) is 23.9. The van der Waals surface area contributed by atoms with E-state index >= 15 is 0 Å². The Hall–Kier alpha value is -4.20. The molecule has 3 aromatic rings. The summed E-state index contributed by atoms with van der Waals surface area (Å²) >= 11 is 0. The standard InChI is InChI=1S/C26H25FN4O3/c27-20-11-9-19(10-12-20)25(33)31-15-13-18(14-16-31)24(32)28-22-7-4-8-23(17-22)30-26(34)29-21-5-2-1-3-6-21/h1-12,17-18H,13-16H2,(H,28,32)(H2,29,30,34). The molecule has 0 spiro atoms. The molecule has 0 radical (unpaired) electrons. The third-order valence-corrected chi connectivity index (χ3v) is 5.66. The predicted octanol–water partition coefficient (Wildman–Crippen LogP) is 4.96. The van der Waals surface area contributed by atoms with Gasteiger partial charge < -0.3 is 20.9 Å². The molecule has 0 atom stereocenters. The van der Waals surface area contributed by atoms with E-state index < -0.39 is 0 Å². The number of nitrogens with zero attached hydrogens (tertiary/aromatic N) is 1. The van der Waals surface area contributed by atoms with Crippen molar-refractivity contribution in [2.45, 2.75) is 12.8 Å². The van der Waals surface area contributed by atoms with Crippen molar-refractivity contribution in [2.24, 2.45) is 5.92 Å². The fourth-order valence-corrected chi connectivity index (χ4v) is 3.85.